The first kappa shape index (κ1) is 7.87. The molecule has 0 radical (unpaired) electrons. The third kappa shape index (κ3) is 2.12. The van der Waals surface area contributed by atoms with Gasteiger partial charge in [0.2, 0.25) is 5.91 Å². The fraction of sp³-hybridized carbons (Fsp3) is 0. The predicted octanol–water partition coefficient (Wildman–Crippen LogP) is 1.41. The van der Waals surface area contributed by atoms with Gasteiger partial charge in [-0.25, -0.2) is 4.98 Å². The maximum absolute atomic E-state index is 12.3. The lowest BCUT2D eigenvalue weighted by molar-refractivity contribution is -0.111. The van der Waals surface area contributed by atoms with Crippen molar-refractivity contribution in [2.45, 2.75) is 0 Å². The first-order valence-electron chi connectivity index (χ1n) is 2.77. The van der Waals surface area contributed by atoms with Crippen LogP contribution in [0.3, 0.4) is 0 Å². The second-order valence-corrected chi connectivity index (χ2v) is 2.64. The van der Waals surface area contributed by atoms with Crippen molar-refractivity contribution in [3.63, 3.8) is 0 Å². The second-order valence-electron chi connectivity index (χ2n) is 1.66. The van der Waals surface area contributed by atoms with Crippen LogP contribution in [0.25, 0.3) is 0 Å². The number of nitrogens with one attached hydrogen (secondary N) is 1. The summed E-state index contributed by atoms with van der Waals surface area (Å²) in [5, 5.41) is 2.14. The van der Waals surface area contributed by atoms with E-state index in [4.69, 9.17) is 0 Å². The van der Waals surface area contributed by atoms with Crippen molar-refractivity contribution in [2.75, 3.05) is 5.32 Å². The molecule has 3 nitrogen and oxygen atoms in total. The highest BCUT2D eigenvalue weighted by molar-refractivity contribution is 7.14. The number of carbonyl (C=O) groups is 1. The lowest BCUT2D eigenvalue weighted by Crippen LogP contribution is -2.06. The number of hydrogen-bond acceptors (Lipinski definition) is 3. The van der Waals surface area contributed by atoms with E-state index in [0.717, 1.165) is 23.6 Å². The van der Waals surface area contributed by atoms with E-state index in [9.17, 15) is 9.18 Å². The highest BCUT2D eigenvalue weighted by atomic mass is 32.1. The van der Waals surface area contributed by atoms with Crippen LogP contribution in [0.4, 0.5) is 9.52 Å². The molecule has 0 aliphatic heterocycles. The van der Waals surface area contributed by atoms with Crippen LogP contribution in [-0.2, 0) is 4.79 Å². The van der Waals surface area contributed by atoms with Gasteiger partial charge in [-0.15, -0.1) is 0 Å². The lowest BCUT2D eigenvalue weighted by atomic mass is 10.6. The molecule has 0 spiro atoms. The van der Waals surface area contributed by atoms with Crippen molar-refractivity contribution < 1.29 is 9.18 Å². The van der Waals surface area contributed by atoms with Gasteiger partial charge in [-0.1, -0.05) is 17.9 Å². The second kappa shape index (κ2) is 3.25. The molecule has 0 fully saturated rings. The molecule has 0 aliphatic carbocycles. The molecule has 0 atom stereocenters. The highest BCUT2D eigenvalue weighted by Crippen LogP contribution is 2.15. The van der Waals surface area contributed by atoms with Crippen molar-refractivity contribution in [2.24, 2.45) is 0 Å². The molecule has 1 heterocycles. The van der Waals surface area contributed by atoms with E-state index in [1.807, 2.05) is 0 Å². The summed E-state index contributed by atoms with van der Waals surface area (Å²) in [4.78, 5) is 14.2. The third-order valence-corrected chi connectivity index (χ3v) is 1.59. The summed E-state index contributed by atoms with van der Waals surface area (Å²) in [5.41, 5.74) is 0. The quantitative estimate of drug-likeness (QED) is 0.685. The van der Waals surface area contributed by atoms with Crippen molar-refractivity contribution in [3.8, 4) is 0 Å². The number of amides is 1. The summed E-state index contributed by atoms with van der Waals surface area (Å²) in [5.74, 6) is -0.389. The van der Waals surface area contributed by atoms with Gasteiger partial charge in [-0.2, -0.15) is 4.39 Å². The van der Waals surface area contributed by atoms with Crippen LogP contribution in [0.1, 0.15) is 0 Å². The molecule has 5 heteroatoms. The molecule has 1 N–H and O–H groups in total. The van der Waals surface area contributed by atoms with Gasteiger partial charge in [0.15, 0.2) is 10.3 Å². The molecule has 1 rings (SSSR count). The smallest absolute Gasteiger partial charge is 0.249 e. The van der Waals surface area contributed by atoms with Crippen molar-refractivity contribution >= 4 is 22.4 Å². The highest BCUT2D eigenvalue weighted by Gasteiger charge is 2.01. The minimum Gasteiger partial charge on any atom is -0.298 e. The van der Waals surface area contributed by atoms with Gasteiger partial charge in [0.25, 0.3) is 0 Å². The van der Waals surface area contributed by atoms with Gasteiger partial charge in [0.05, 0.1) is 6.20 Å². The monoisotopic (exact) mass is 172 g/mol. The zero-order valence-corrected chi connectivity index (χ0v) is 6.32. The molecule has 0 saturated carbocycles. The van der Waals surface area contributed by atoms with E-state index < -0.39 is 5.13 Å². The summed E-state index contributed by atoms with van der Waals surface area (Å²) >= 11 is 0.774. The zero-order valence-electron chi connectivity index (χ0n) is 5.50. The fourth-order valence-corrected chi connectivity index (χ4v) is 1.02. The van der Waals surface area contributed by atoms with Gasteiger partial charge in [-0.3, -0.25) is 10.1 Å². The van der Waals surface area contributed by atoms with E-state index in [-0.39, 0.29) is 11.0 Å². The fourth-order valence-electron chi connectivity index (χ4n) is 0.469. The summed E-state index contributed by atoms with van der Waals surface area (Å²) in [7, 11) is 0. The molecule has 0 bridgehead atoms. The average Bonchev–Trinajstić information content (AvgIpc) is 2.35. The minimum absolute atomic E-state index is 0.243. The van der Waals surface area contributed by atoms with Crippen LogP contribution in [0.5, 0.6) is 0 Å². The van der Waals surface area contributed by atoms with Gasteiger partial charge >= 0.3 is 0 Å². The lowest BCUT2D eigenvalue weighted by Gasteiger charge is -1.91. The first-order chi connectivity index (χ1) is 5.22. The van der Waals surface area contributed by atoms with E-state index in [2.05, 4.69) is 16.9 Å². The largest absolute Gasteiger partial charge is 0.298 e. The minimum atomic E-state index is -0.427. The van der Waals surface area contributed by atoms with Crippen LogP contribution in [0.15, 0.2) is 18.9 Å². The Balaban J connectivity index is 2.64. The number of aromatic nitrogens is 1. The molecular weight excluding hydrogens is 167 g/mol. The third-order valence-electron chi connectivity index (χ3n) is 0.893. The van der Waals surface area contributed by atoms with Crippen molar-refractivity contribution in [1.82, 2.24) is 4.98 Å². The van der Waals surface area contributed by atoms with Crippen LogP contribution >= 0.6 is 11.3 Å². The summed E-state index contributed by atoms with van der Waals surface area (Å²) < 4.78 is 12.3. The molecule has 0 unspecified atom stereocenters. The SMILES string of the molecule is C=CC(=O)Nc1ncc(F)s1. The number of anilines is 1. The van der Waals surface area contributed by atoms with Crippen LogP contribution in [0.2, 0.25) is 0 Å². The Morgan fingerprint density at radius 2 is 2.64 bits per heavy atom. The Labute approximate surface area is 66.6 Å². The van der Waals surface area contributed by atoms with Crippen LogP contribution in [0, 0.1) is 5.13 Å². The summed E-state index contributed by atoms with van der Waals surface area (Å²) in [6.07, 6.45) is 2.14. The maximum atomic E-state index is 12.3. The number of carbonyl (C=O) groups excluding carboxylic acids is 1. The van der Waals surface area contributed by atoms with Gasteiger partial charge in [-0.05, 0) is 6.08 Å². The average molecular weight is 172 g/mol. The summed E-state index contributed by atoms with van der Waals surface area (Å²) in [6, 6.07) is 0. The predicted molar refractivity (Wildman–Crippen MR) is 40.9 cm³/mol. The van der Waals surface area contributed by atoms with E-state index >= 15 is 0 Å². The number of hydrogen-bond donors (Lipinski definition) is 1. The van der Waals surface area contributed by atoms with Crippen LogP contribution in [-0.4, -0.2) is 10.9 Å². The Kier molecular flexibility index (Phi) is 2.32. The number of thiazole rings is 1. The van der Waals surface area contributed by atoms with Gasteiger partial charge < -0.3 is 0 Å². The number of halogens is 1. The molecule has 0 aromatic carbocycles. The normalized spacial score (nSPS) is 9.18. The molecular formula is C6H5FN2OS. The standard InChI is InChI=1S/C6H5FN2OS/c1-2-5(10)9-6-8-3-4(7)11-6/h2-3H,1H2,(H,8,9,10). The van der Waals surface area contributed by atoms with E-state index in [0.29, 0.717) is 0 Å². The van der Waals surface area contributed by atoms with Crippen molar-refractivity contribution in [3.05, 3.63) is 24.0 Å². The number of rotatable bonds is 2. The topological polar surface area (TPSA) is 42.0 Å². The molecule has 1 amide bonds. The Bertz CT molecular complexity index is 284. The Morgan fingerprint density at radius 1 is 1.91 bits per heavy atom. The molecule has 0 saturated heterocycles. The Morgan fingerprint density at radius 3 is 3.09 bits per heavy atom. The maximum Gasteiger partial charge on any atom is 0.249 e. The molecule has 0 aliphatic rings. The molecule has 1 aromatic heterocycles. The van der Waals surface area contributed by atoms with Gasteiger partial charge in [0.1, 0.15) is 0 Å². The van der Waals surface area contributed by atoms with Gasteiger partial charge in [0, 0.05) is 0 Å². The first-order valence-corrected chi connectivity index (χ1v) is 3.59. The van der Waals surface area contributed by atoms with E-state index in [1.54, 1.807) is 0 Å². The molecule has 11 heavy (non-hydrogen) atoms. The Hall–Kier alpha value is -1.23. The van der Waals surface area contributed by atoms with E-state index in [1.165, 1.54) is 0 Å². The number of nitrogens with zero attached hydrogens (tertiary/aromatic N) is 1. The zero-order chi connectivity index (χ0) is 8.27. The molecule has 58 valence electrons. The van der Waals surface area contributed by atoms with Crippen LogP contribution < -0.4 is 5.32 Å². The van der Waals surface area contributed by atoms with Crippen molar-refractivity contribution in [1.29, 1.82) is 0 Å². The molecule has 1 aromatic rings. The summed E-state index contributed by atoms with van der Waals surface area (Å²) in [6.45, 7) is 3.23.